The highest BCUT2D eigenvalue weighted by Gasteiger charge is 2.32. The molecule has 33 heavy (non-hydrogen) atoms. The zero-order chi connectivity index (χ0) is 23.6. The minimum atomic E-state index is -3.31. The van der Waals surface area contributed by atoms with Crippen LogP contribution in [0.1, 0.15) is 24.8 Å². The first-order valence-electron chi connectivity index (χ1n) is 10.4. The molecular formula is C25H24F2N2O4. The molecule has 1 amide bonds. The average molecular weight is 454 g/mol. The Morgan fingerprint density at radius 3 is 2.48 bits per heavy atom. The van der Waals surface area contributed by atoms with Gasteiger partial charge >= 0.3 is 6.11 Å². The molecule has 0 bridgehead atoms. The second kappa shape index (κ2) is 8.97. The lowest BCUT2D eigenvalue weighted by molar-refractivity contribution is -0.159. The number of carbonyl (C=O) groups is 1. The second-order valence-corrected chi connectivity index (χ2v) is 7.90. The zero-order valence-electron chi connectivity index (χ0n) is 18.3. The van der Waals surface area contributed by atoms with Gasteiger partial charge in [-0.15, -0.1) is 0 Å². The van der Waals surface area contributed by atoms with Gasteiger partial charge in [-0.25, -0.2) is 0 Å². The molecular weight excluding hydrogens is 430 g/mol. The Kier molecular flexibility index (Phi) is 6.09. The third kappa shape index (κ3) is 5.34. The van der Waals surface area contributed by atoms with Gasteiger partial charge in [0.2, 0.25) is 5.91 Å². The van der Waals surface area contributed by atoms with Crippen LogP contribution in [-0.4, -0.2) is 25.7 Å². The van der Waals surface area contributed by atoms with Crippen LogP contribution in [0.25, 0.3) is 0 Å². The van der Waals surface area contributed by atoms with E-state index in [1.165, 1.54) is 19.2 Å². The van der Waals surface area contributed by atoms with Crippen LogP contribution in [-0.2, 0) is 4.79 Å². The smallest absolute Gasteiger partial charge is 0.394 e. The lowest BCUT2D eigenvalue weighted by Gasteiger charge is -2.18. The first-order valence-corrected chi connectivity index (χ1v) is 10.4. The van der Waals surface area contributed by atoms with Crippen LogP contribution in [0.4, 0.5) is 20.2 Å². The largest absolute Gasteiger partial charge is 0.493 e. The van der Waals surface area contributed by atoms with Gasteiger partial charge in [0, 0.05) is 43.2 Å². The van der Waals surface area contributed by atoms with Crippen LogP contribution in [0.5, 0.6) is 23.0 Å². The van der Waals surface area contributed by atoms with Crippen LogP contribution in [0.15, 0.2) is 66.7 Å². The summed E-state index contributed by atoms with van der Waals surface area (Å²) in [6.45, 7) is 1.17. The first kappa shape index (κ1) is 22.4. The molecule has 1 aliphatic heterocycles. The summed E-state index contributed by atoms with van der Waals surface area (Å²) < 4.78 is 42.4. The van der Waals surface area contributed by atoms with Crippen molar-refractivity contribution < 1.29 is 27.8 Å². The predicted molar refractivity (Wildman–Crippen MR) is 121 cm³/mol. The van der Waals surface area contributed by atoms with Crippen LogP contribution >= 0.6 is 0 Å². The Hall–Kier alpha value is -3.81. The molecule has 0 radical (unpaired) electrons. The number of halogens is 2. The number of hydrogen-bond acceptors (Lipinski definition) is 5. The fourth-order valence-electron chi connectivity index (χ4n) is 3.84. The third-order valence-electron chi connectivity index (χ3n) is 5.30. The number of rotatable bonds is 7. The normalized spacial score (nSPS) is 16.1. The Labute approximate surface area is 190 Å². The van der Waals surface area contributed by atoms with Crippen molar-refractivity contribution in [2.45, 2.75) is 25.4 Å². The highest BCUT2D eigenvalue weighted by atomic mass is 19.3. The average Bonchev–Trinajstić information content (AvgIpc) is 3.14. The van der Waals surface area contributed by atoms with Crippen LogP contribution in [0.3, 0.4) is 0 Å². The van der Waals surface area contributed by atoms with Crippen LogP contribution < -0.4 is 24.8 Å². The zero-order valence-corrected chi connectivity index (χ0v) is 18.3. The highest BCUT2D eigenvalue weighted by Crippen LogP contribution is 2.39. The summed E-state index contributed by atoms with van der Waals surface area (Å²) >= 11 is 0. The number of anilines is 2. The Bertz CT molecular complexity index is 1160. The molecule has 0 saturated carbocycles. The predicted octanol–water partition coefficient (Wildman–Crippen LogP) is 5.58. The maximum atomic E-state index is 13.2. The number of amides is 1. The van der Waals surface area contributed by atoms with E-state index in [9.17, 15) is 13.6 Å². The fraction of sp³-hybridized carbons (Fsp3) is 0.240. The van der Waals surface area contributed by atoms with E-state index in [-0.39, 0.29) is 17.6 Å². The number of hydrogen-bond donors (Lipinski definition) is 1. The van der Waals surface area contributed by atoms with Crippen LogP contribution in [0, 0.1) is 0 Å². The Balaban J connectivity index is 1.56. The van der Waals surface area contributed by atoms with Crippen molar-refractivity contribution in [3.63, 3.8) is 0 Å². The SMILES string of the molecule is COc1ccc([C@H]2CC(=O)N(c3cccc(N)c3)C2)cc1Oc1cccc(OC(C)(F)F)c1. The molecule has 3 aromatic carbocycles. The van der Waals surface area contributed by atoms with E-state index in [2.05, 4.69) is 4.74 Å². The lowest BCUT2D eigenvalue weighted by Crippen LogP contribution is -2.24. The summed E-state index contributed by atoms with van der Waals surface area (Å²) in [5, 5.41) is 0. The summed E-state index contributed by atoms with van der Waals surface area (Å²) in [7, 11) is 1.51. The number of alkyl halides is 2. The van der Waals surface area contributed by atoms with Gasteiger partial charge < -0.3 is 24.8 Å². The van der Waals surface area contributed by atoms with Crippen molar-refractivity contribution in [1.82, 2.24) is 0 Å². The van der Waals surface area contributed by atoms with Crippen LogP contribution in [0.2, 0.25) is 0 Å². The molecule has 1 atom stereocenters. The fourth-order valence-corrected chi connectivity index (χ4v) is 3.84. The van der Waals surface area contributed by atoms with E-state index < -0.39 is 6.11 Å². The van der Waals surface area contributed by atoms with Gasteiger partial charge in [-0.1, -0.05) is 18.2 Å². The molecule has 4 rings (SSSR count). The van der Waals surface area contributed by atoms with Gasteiger partial charge in [-0.05, 0) is 48.0 Å². The van der Waals surface area contributed by atoms with Crippen molar-refractivity contribution in [3.8, 4) is 23.0 Å². The van der Waals surface area contributed by atoms with Gasteiger partial charge in [0.05, 0.1) is 7.11 Å². The number of nitrogen functional groups attached to an aromatic ring is 1. The first-order chi connectivity index (χ1) is 15.7. The van der Waals surface area contributed by atoms with Crippen molar-refractivity contribution in [2.75, 3.05) is 24.3 Å². The van der Waals surface area contributed by atoms with E-state index in [1.807, 2.05) is 24.3 Å². The minimum Gasteiger partial charge on any atom is -0.493 e. The highest BCUT2D eigenvalue weighted by molar-refractivity contribution is 5.96. The van der Waals surface area contributed by atoms with Gasteiger partial charge in [-0.2, -0.15) is 8.78 Å². The van der Waals surface area contributed by atoms with Gasteiger partial charge in [0.1, 0.15) is 11.5 Å². The van der Waals surface area contributed by atoms with Crippen molar-refractivity contribution in [1.29, 1.82) is 0 Å². The van der Waals surface area contributed by atoms with E-state index in [1.54, 1.807) is 35.2 Å². The van der Waals surface area contributed by atoms with E-state index >= 15 is 0 Å². The molecule has 3 aromatic rings. The molecule has 0 aliphatic carbocycles. The van der Waals surface area contributed by atoms with Crippen molar-refractivity contribution >= 4 is 17.3 Å². The summed E-state index contributed by atoms with van der Waals surface area (Å²) in [5.41, 5.74) is 8.12. The molecule has 1 saturated heterocycles. The summed E-state index contributed by atoms with van der Waals surface area (Å²) in [6, 6.07) is 18.7. The molecule has 2 N–H and O–H groups in total. The maximum Gasteiger partial charge on any atom is 0.394 e. The number of benzene rings is 3. The van der Waals surface area contributed by atoms with Crippen molar-refractivity contribution in [2.24, 2.45) is 0 Å². The van der Waals surface area contributed by atoms with E-state index in [4.69, 9.17) is 15.2 Å². The molecule has 8 heteroatoms. The molecule has 1 fully saturated rings. The van der Waals surface area contributed by atoms with Gasteiger partial charge in [-0.3, -0.25) is 4.79 Å². The Morgan fingerprint density at radius 1 is 1.00 bits per heavy atom. The quantitative estimate of drug-likeness (QED) is 0.472. The third-order valence-corrected chi connectivity index (χ3v) is 5.30. The maximum absolute atomic E-state index is 13.2. The van der Waals surface area contributed by atoms with Crippen molar-refractivity contribution in [3.05, 3.63) is 72.3 Å². The van der Waals surface area contributed by atoms with Gasteiger partial charge in [0.15, 0.2) is 11.5 Å². The molecule has 0 aromatic heterocycles. The van der Waals surface area contributed by atoms with E-state index in [0.717, 1.165) is 11.3 Å². The minimum absolute atomic E-state index is 0.00855. The monoisotopic (exact) mass is 454 g/mol. The number of methoxy groups -OCH3 is 1. The number of nitrogens with zero attached hydrogens (tertiary/aromatic N) is 1. The number of ether oxygens (including phenoxy) is 3. The summed E-state index contributed by atoms with van der Waals surface area (Å²) in [4.78, 5) is 14.4. The lowest BCUT2D eigenvalue weighted by atomic mass is 9.98. The van der Waals surface area contributed by atoms with E-state index in [0.29, 0.717) is 42.8 Å². The second-order valence-electron chi connectivity index (χ2n) is 7.90. The molecule has 1 heterocycles. The molecule has 0 spiro atoms. The molecule has 172 valence electrons. The molecule has 0 unspecified atom stereocenters. The molecule has 1 aliphatic rings. The number of carbonyl (C=O) groups excluding carboxylic acids is 1. The number of nitrogens with two attached hydrogens (primary N) is 1. The topological polar surface area (TPSA) is 74.0 Å². The Morgan fingerprint density at radius 2 is 1.76 bits per heavy atom. The summed E-state index contributed by atoms with van der Waals surface area (Å²) in [6.07, 6.45) is -2.96. The summed E-state index contributed by atoms with van der Waals surface area (Å²) in [5.74, 6) is 1.13. The standard InChI is InChI=1S/C25H24F2N2O4/c1-25(26,27)33-21-8-4-7-20(14-21)32-23-11-16(9-10-22(23)31-2)17-12-24(30)29(15-17)19-6-3-5-18(28)13-19/h3-11,13-14,17H,12,15,28H2,1-2H3/t17-/m0/s1. The van der Waals surface area contributed by atoms with Gasteiger partial charge in [0.25, 0.3) is 0 Å². The molecule has 6 nitrogen and oxygen atoms in total.